The van der Waals surface area contributed by atoms with E-state index in [4.69, 9.17) is 9.68 Å². The molecule has 0 aliphatic carbocycles. The van der Waals surface area contributed by atoms with Crippen molar-refractivity contribution in [1.29, 1.82) is 5.26 Å². The van der Waals surface area contributed by atoms with Crippen LogP contribution in [0.15, 0.2) is 53.1 Å². The first-order chi connectivity index (χ1) is 10.2. The average molecular weight is 284 g/mol. The molecule has 5 heteroatoms. The molecule has 1 amide bonds. The second kappa shape index (κ2) is 7.27. The molecule has 0 saturated heterocycles. The number of nitrogens with zero attached hydrogens (tertiary/aromatic N) is 2. The van der Waals surface area contributed by atoms with Crippen molar-refractivity contribution in [1.82, 2.24) is 4.90 Å². The molecule has 5 nitrogen and oxygen atoms in total. The predicted molar refractivity (Wildman–Crippen MR) is 75.8 cm³/mol. The van der Waals surface area contributed by atoms with Crippen molar-refractivity contribution in [2.45, 2.75) is 19.1 Å². The molecule has 0 fully saturated rings. The fourth-order valence-electron chi connectivity index (χ4n) is 1.99. The van der Waals surface area contributed by atoms with Gasteiger partial charge in [-0.25, -0.2) is 0 Å². The van der Waals surface area contributed by atoms with E-state index in [1.54, 1.807) is 36.4 Å². The maximum absolute atomic E-state index is 12.4. The first kappa shape index (κ1) is 14.8. The van der Waals surface area contributed by atoms with Gasteiger partial charge >= 0.3 is 0 Å². The van der Waals surface area contributed by atoms with Gasteiger partial charge in [-0.1, -0.05) is 30.3 Å². The molecule has 0 saturated carbocycles. The molecule has 2 rings (SSSR count). The van der Waals surface area contributed by atoms with Gasteiger partial charge in [0.05, 0.1) is 25.3 Å². The smallest absolute Gasteiger partial charge is 0.256 e. The lowest BCUT2D eigenvalue weighted by Gasteiger charge is -2.23. The first-order valence-electron chi connectivity index (χ1n) is 6.63. The van der Waals surface area contributed by atoms with E-state index in [0.29, 0.717) is 11.3 Å². The topological polar surface area (TPSA) is 77.5 Å². The Labute approximate surface area is 123 Å². The van der Waals surface area contributed by atoms with Gasteiger partial charge in [-0.15, -0.1) is 0 Å². The molecule has 2 aromatic rings. The maximum atomic E-state index is 12.4. The van der Waals surface area contributed by atoms with Crippen molar-refractivity contribution in [2.75, 3.05) is 6.54 Å². The normalized spacial score (nSPS) is 11.6. The summed E-state index contributed by atoms with van der Waals surface area (Å²) in [6, 6.07) is 14.2. The quantitative estimate of drug-likeness (QED) is 0.882. The summed E-state index contributed by atoms with van der Waals surface area (Å²) in [6.45, 7) is 0.483. The minimum atomic E-state index is -1.24. The fourth-order valence-corrected chi connectivity index (χ4v) is 1.99. The van der Waals surface area contributed by atoms with Crippen molar-refractivity contribution in [2.24, 2.45) is 0 Å². The molecule has 0 radical (unpaired) electrons. The van der Waals surface area contributed by atoms with Gasteiger partial charge in [0.15, 0.2) is 6.10 Å². The van der Waals surface area contributed by atoms with Gasteiger partial charge in [-0.2, -0.15) is 5.26 Å². The molecule has 1 aromatic heterocycles. The highest BCUT2D eigenvalue weighted by molar-refractivity contribution is 5.82. The Morgan fingerprint density at radius 2 is 2.05 bits per heavy atom. The third-order valence-corrected chi connectivity index (χ3v) is 3.08. The van der Waals surface area contributed by atoms with Crippen molar-refractivity contribution in [3.63, 3.8) is 0 Å². The number of hydrogen-bond acceptors (Lipinski definition) is 4. The standard InChI is InChI=1S/C16H16N2O3/c17-9-5-10-18(12-14-8-4-11-21-14)16(20)15(19)13-6-2-1-3-7-13/h1-4,6-8,11,15,19H,5,10,12H2. The molecule has 0 spiro atoms. The molecule has 0 bridgehead atoms. The van der Waals surface area contributed by atoms with Crippen LogP contribution in [0.4, 0.5) is 0 Å². The average Bonchev–Trinajstić information content (AvgIpc) is 3.04. The number of hydrogen-bond donors (Lipinski definition) is 1. The summed E-state index contributed by atoms with van der Waals surface area (Å²) >= 11 is 0. The van der Waals surface area contributed by atoms with Crippen LogP contribution in [0.2, 0.25) is 0 Å². The van der Waals surface area contributed by atoms with Crippen LogP contribution in [0, 0.1) is 11.3 Å². The summed E-state index contributed by atoms with van der Waals surface area (Å²) in [5.74, 6) is 0.175. The van der Waals surface area contributed by atoms with Crippen LogP contribution in [0.1, 0.15) is 23.8 Å². The first-order valence-corrected chi connectivity index (χ1v) is 6.63. The Morgan fingerprint density at radius 3 is 2.67 bits per heavy atom. The fraction of sp³-hybridized carbons (Fsp3) is 0.250. The van der Waals surface area contributed by atoms with Crippen LogP contribution >= 0.6 is 0 Å². The summed E-state index contributed by atoms with van der Waals surface area (Å²) < 4.78 is 5.22. The number of benzene rings is 1. The molecule has 1 heterocycles. The number of aliphatic hydroxyl groups excluding tert-OH is 1. The highest BCUT2D eigenvalue weighted by atomic mass is 16.3. The minimum absolute atomic E-state index is 0.202. The van der Waals surface area contributed by atoms with Crippen LogP contribution in [0.3, 0.4) is 0 Å². The molecule has 0 aliphatic rings. The Morgan fingerprint density at radius 1 is 1.29 bits per heavy atom. The lowest BCUT2D eigenvalue weighted by Crippen LogP contribution is -2.35. The molecule has 0 aliphatic heterocycles. The van der Waals surface area contributed by atoms with Crippen molar-refractivity contribution < 1.29 is 14.3 Å². The van der Waals surface area contributed by atoms with E-state index in [1.165, 1.54) is 11.2 Å². The van der Waals surface area contributed by atoms with Crippen LogP contribution in [0.5, 0.6) is 0 Å². The molecule has 108 valence electrons. The number of amides is 1. The van der Waals surface area contributed by atoms with E-state index in [-0.39, 0.29) is 19.5 Å². The van der Waals surface area contributed by atoms with Crippen molar-refractivity contribution in [3.05, 3.63) is 60.1 Å². The van der Waals surface area contributed by atoms with E-state index in [2.05, 4.69) is 0 Å². The number of carbonyl (C=O) groups is 1. The zero-order valence-electron chi connectivity index (χ0n) is 11.5. The second-order valence-electron chi connectivity index (χ2n) is 4.56. The zero-order chi connectivity index (χ0) is 15.1. The molecule has 1 N–H and O–H groups in total. The lowest BCUT2D eigenvalue weighted by molar-refractivity contribution is -0.141. The Bertz CT molecular complexity index is 602. The second-order valence-corrected chi connectivity index (χ2v) is 4.56. The van der Waals surface area contributed by atoms with Crippen molar-refractivity contribution in [3.8, 4) is 6.07 Å². The summed E-state index contributed by atoms with van der Waals surface area (Å²) in [5.41, 5.74) is 0.531. The van der Waals surface area contributed by atoms with Gasteiger partial charge in [0, 0.05) is 6.54 Å². The van der Waals surface area contributed by atoms with E-state index in [1.807, 2.05) is 12.1 Å². The minimum Gasteiger partial charge on any atom is -0.467 e. The highest BCUT2D eigenvalue weighted by Gasteiger charge is 2.24. The van der Waals surface area contributed by atoms with E-state index < -0.39 is 12.0 Å². The molecule has 1 unspecified atom stereocenters. The highest BCUT2D eigenvalue weighted by Crippen LogP contribution is 2.17. The molecule has 1 atom stereocenters. The number of aliphatic hydroxyl groups is 1. The summed E-state index contributed by atoms with van der Waals surface area (Å²) in [7, 11) is 0. The number of carbonyl (C=O) groups excluding carboxylic acids is 1. The van der Waals surface area contributed by atoms with Gasteiger partial charge in [0.1, 0.15) is 5.76 Å². The molecular weight excluding hydrogens is 268 g/mol. The summed E-state index contributed by atoms with van der Waals surface area (Å²) in [6.07, 6.45) is 0.490. The van der Waals surface area contributed by atoms with Gasteiger partial charge in [-0.3, -0.25) is 4.79 Å². The maximum Gasteiger partial charge on any atom is 0.256 e. The van der Waals surface area contributed by atoms with Gasteiger partial charge < -0.3 is 14.4 Å². The third-order valence-electron chi connectivity index (χ3n) is 3.08. The van der Waals surface area contributed by atoms with Crippen molar-refractivity contribution >= 4 is 5.91 Å². The largest absolute Gasteiger partial charge is 0.467 e. The Kier molecular flexibility index (Phi) is 5.13. The number of nitriles is 1. The molecule has 21 heavy (non-hydrogen) atoms. The lowest BCUT2D eigenvalue weighted by atomic mass is 10.1. The zero-order valence-corrected chi connectivity index (χ0v) is 11.5. The summed E-state index contributed by atoms with van der Waals surface area (Å²) in [5, 5.41) is 18.9. The number of furan rings is 1. The predicted octanol–water partition coefficient (Wildman–Crippen LogP) is 2.26. The monoisotopic (exact) mass is 284 g/mol. The van der Waals surface area contributed by atoms with Gasteiger partial charge in [-0.05, 0) is 17.7 Å². The summed E-state index contributed by atoms with van der Waals surface area (Å²) in [4.78, 5) is 13.8. The molecular formula is C16H16N2O3. The SMILES string of the molecule is N#CCCN(Cc1ccco1)C(=O)C(O)c1ccccc1. The van der Waals surface area contributed by atoms with Crippen LogP contribution in [-0.2, 0) is 11.3 Å². The van der Waals surface area contributed by atoms with Crippen LogP contribution in [-0.4, -0.2) is 22.5 Å². The van der Waals surface area contributed by atoms with Crippen LogP contribution < -0.4 is 0 Å². The van der Waals surface area contributed by atoms with E-state index in [9.17, 15) is 9.90 Å². The van der Waals surface area contributed by atoms with E-state index in [0.717, 1.165) is 0 Å². The Hall–Kier alpha value is -2.58. The molecule has 1 aromatic carbocycles. The Balaban J connectivity index is 2.11. The van der Waals surface area contributed by atoms with Crippen LogP contribution in [0.25, 0.3) is 0 Å². The number of rotatable bonds is 6. The van der Waals surface area contributed by atoms with Gasteiger partial charge in [0.25, 0.3) is 5.91 Å². The third kappa shape index (κ3) is 3.94. The van der Waals surface area contributed by atoms with E-state index >= 15 is 0 Å². The van der Waals surface area contributed by atoms with Gasteiger partial charge in [0.2, 0.25) is 0 Å².